The summed E-state index contributed by atoms with van der Waals surface area (Å²) in [6.07, 6.45) is 1.24. The summed E-state index contributed by atoms with van der Waals surface area (Å²) in [6.45, 7) is 3.56. The topological polar surface area (TPSA) is 114 Å². The summed E-state index contributed by atoms with van der Waals surface area (Å²) < 4.78 is 5.49. The Hall–Kier alpha value is -3.42. The Kier molecular flexibility index (Phi) is 5.67. The van der Waals surface area contributed by atoms with Gasteiger partial charge in [-0.25, -0.2) is 5.43 Å². The number of nitro benzene ring substituents is 1. The normalized spacial score (nSPS) is 10.6. The molecule has 2 aromatic rings. The number of aromatic hydroxyl groups is 1. The second kappa shape index (κ2) is 7.91. The lowest BCUT2D eigenvalue weighted by Crippen LogP contribution is -2.25. The van der Waals surface area contributed by atoms with E-state index in [0.29, 0.717) is 11.3 Å². The molecule has 0 unspecified atom stereocenters. The van der Waals surface area contributed by atoms with Gasteiger partial charge in [-0.3, -0.25) is 14.9 Å². The average molecular weight is 343 g/mol. The van der Waals surface area contributed by atoms with Gasteiger partial charge in [0.1, 0.15) is 5.75 Å². The molecule has 2 rings (SSSR count). The predicted molar refractivity (Wildman–Crippen MR) is 91.9 cm³/mol. The van der Waals surface area contributed by atoms with Crippen molar-refractivity contribution in [3.8, 4) is 11.5 Å². The number of hydrazone groups is 1. The Morgan fingerprint density at radius 1 is 1.32 bits per heavy atom. The first-order chi connectivity index (χ1) is 11.9. The number of phenolic OH excluding ortho intramolecular Hbond substituents is 1. The number of aryl methyl sites for hydroxylation is 2. The Morgan fingerprint density at radius 2 is 2.00 bits per heavy atom. The van der Waals surface area contributed by atoms with E-state index < -0.39 is 22.3 Å². The second-order valence-corrected chi connectivity index (χ2v) is 5.31. The van der Waals surface area contributed by atoms with Gasteiger partial charge in [0.15, 0.2) is 12.4 Å². The summed E-state index contributed by atoms with van der Waals surface area (Å²) in [6, 6.07) is 9.44. The van der Waals surface area contributed by atoms with Crippen LogP contribution in [0.1, 0.15) is 16.7 Å². The third kappa shape index (κ3) is 4.77. The monoisotopic (exact) mass is 343 g/mol. The van der Waals surface area contributed by atoms with Crippen LogP contribution in [-0.4, -0.2) is 28.8 Å². The number of hydrogen-bond acceptors (Lipinski definition) is 6. The van der Waals surface area contributed by atoms with E-state index in [0.717, 1.165) is 17.2 Å². The van der Waals surface area contributed by atoms with Crippen molar-refractivity contribution in [2.75, 3.05) is 6.61 Å². The van der Waals surface area contributed by atoms with Crippen molar-refractivity contribution < 1.29 is 19.6 Å². The standard InChI is InChI=1S/C17H17N3O5/c1-11-4-3-5-12(2)17(11)25-10-16(22)19-18-9-13-6-7-15(21)14(8-13)20(23)24/h3-9,21H,10H2,1-2H3,(H,19,22). The molecule has 0 fully saturated rings. The number of carbonyl (C=O) groups excluding carboxylic acids is 1. The van der Waals surface area contributed by atoms with Crippen molar-refractivity contribution in [3.05, 3.63) is 63.2 Å². The number of ether oxygens (including phenoxy) is 1. The van der Waals surface area contributed by atoms with Gasteiger partial charge < -0.3 is 9.84 Å². The van der Waals surface area contributed by atoms with Gasteiger partial charge in [-0.05, 0) is 37.1 Å². The molecule has 0 atom stereocenters. The largest absolute Gasteiger partial charge is 0.502 e. The summed E-state index contributed by atoms with van der Waals surface area (Å²) in [5.74, 6) is -0.254. The minimum absolute atomic E-state index is 0.210. The number of rotatable bonds is 6. The molecule has 1 amide bonds. The van der Waals surface area contributed by atoms with Crippen LogP contribution in [0.5, 0.6) is 11.5 Å². The third-order valence-corrected chi connectivity index (χ3v) is 3.36. The molecule has 0 heterocycles. The van der Waals surface area contributed by atoms with Crippen LogP contribution >= 0.6 is 0 Å². The zero-order valence-electron chi connectivity index (χ0n) is 13.7. The van der Waals surface area contributed by atoms with Gasteiger partial charge in [0.05, 0.1) is 11.1 Å². The fourth-order valence-electron chi connectivity index (χ4n) is 2.14. The molecule has 130 valence electrons. The lowest BCUT2D eigenvalue weighted by atomic mass is 10.1. The summed E-state index contributed by atoms with van der Waals surface area (Å²) in [5, 5.41) is 23.8. The van der Waals surface area contributed by atoms with Crippen LogP contribution in [-0.2, 0) is 4.79 Å². The van der Waals surface area contributed by atoms with E-state index in [1.54, 1.807) is 0 Å². The van der Waals surface area contributed by atoms with Gasteiger partial charge in [-0.15, -0.1) is 0 Å². The Labute approximate surface area is 143 Å². The fraction of sp³-hybridized carbons (Fsp3) is 0.176. The molecule has 0 aliphatic heterocycles. The number of para-hydroxylation sites is 1. The molecule has 0 saturated heterocycles. The lowest BCUT2D eigenvalue weighted by Gasteiger charge is -2.10. The molecular formula is C17H17N3O5. The molecular weight excluding hydrogens is 326 g/mol. The Balaban J connectivity index is 1.93. The maximum atomic E-state index is 11.8. The summed E-state index contributed by atoms with van der Waals surface area (Å²) >= 11 is 0. The molecule has 0 bridgehead atoms. The number of amides is 1. The van der Waals surface area contributed by atoms with Crippen LogP contribution < -0.4 is 10.2 Å². The van der Waals surface area contributed by atoms with Crippen molar-refractivity contribution in [1.82, 2.24) is 5.43 Å². The number of carbonyl (C=O) groups is 1. The first-order valence-electron chi connectivity index (χ1n) is 7.37. The number of nitrogens with zero attached hydrogens (tertiary/aromatic N) is 2. The number of benzene rings is 2. The van der Waals surface area contributed by atoms with Gasteiger partial charge in [-0.1, -0.05) is 18.2 Å². The van der Waals surface area contributed by atoms with Gasteiger partial charge in [0.2, 0.25) is 0 Å². The van der Waals surface area contributed by atoms with Crippen LogP contribution in [0, 0.1) is 24.0 Å². The Bertz CT molecular complexity index is 813. The molecule has 0 aromatic heterocycles. The highest BCUT2D eigenvalue weighted by Gasteiger charge is 2.12. The van der Waals surface area contributed by atoms with Crippen LogP contribution in [0.4, 0.5) is 5.69 Å². The van der Waals surface area contributed by atoms with E-state index >= 15 is 0 Å². The molecule has 0 aliphatic carbocycles. The first-order valence-corrected chi connectivity index (χ1v) is 7.37. The minimum Gasteiger partial charge on any atom is -0.502 e. The van der Waals surface area contributed by atoms with E-state index in [-0.39, 0.29) is 6.61 Å². The van der Waals surface area contributed by atoms with Gasteiger partial charge in [0, 0.05) is 11.6 Å². The number of hydrogen-bond donors (Lipinski definition) is 2. The summed E-state index contributed by atoms with van der Waals surface area (Å²) in [4.78, 5) is 21.8. The van der Waals surface area contributed by atoms with Gasteiger partial charge in [-0.2, -0.15) is 5.10 Å². The predicted octanol–water partition coefficient (Wildman–Crippen LogP) is 2.45. The summed E-state index contributed by atoms with van der Waals surface area (Å²) in [7, 11) is 0. The maximum Gasteiger partial charge on any atom is 0.311 e. The van der Waals surface area contributed by atoms with Gasteiger partial charge in [0.25, 0.3) is 5.91 Å². The SMILES string of the molecule is Cc1cccc(C)c1OCC(=O)NN=Cc1ccc(O)c([N+](=O)[O-])c1. The van der Waals surface area contributed by atoms with Crippen LogP contribution in [0.15, 0.2) is 41.5 Å². The highest BCUT2D eigenvalue weighted by atomic mass is 16.6. The molecule has 8 heteroatoms. The van der Waals surface area contributed by atoms with Crippen LogP contribution in [0.25, 0.3) is 0 Å². The molecule has 0 saturated carbocycles. The molecule has 0 aliphatic rings. The van der Waals surface area contributed by atoms with E-state index in [9.17, 15) is 20.0 Å². The second-order valence-electron chi connectivity index (χ2n) is 5.31. The minimum atomic E-state index is -0.705. The van der Waals surface area contributed by atoms with E-state index in [1.807, 2.05) is 32.0 Å². The molecule has 8 nitrogen and oxygen atoms in total. The molecule has 2 aromatic carbocycles. The van der Waals surface area contributed by atoms with E-state index in [2.05, 4.69) is 10.5 Å². The van der Waals surface area contributed by atoms with Crippen molar-refractivity contribution >= 4 is 17.8 Å². The maximum absolute atomic E-state index is 11.8. The van der Waals surface area contributed by atoms with E-state index in [4.69, 9.17) is 4.74 Å². The van der Waals surface area contributed by atoms with Crippen molar-refractivity contribution in [1.29, 1.82) is 0 Å². The first kappa shape index (κ1) is 17.9. The van der Waals surface area contributed by atoms with Crippen molar-refractivity contribution in [3.63, 3.8) is 0 Å². The molecule has 25 heavy (non-hydrogen) atoms. The molecule has 2 N–H and O–H groups in total. The summed E-state index contributed by atoms with van der Waals surface area (Å²) in [5.41, 5.74) is 4.05. The number of phenols is 1. The fourth-order valence-corrected chi connectivity index (χ4v) is 2.14. The number of nitrogens with one attached hydrogen (secondary N) is 1. The van der Waals surface area contributed by atoms with E-state index in [1.165, 1.54) is 18.3 Å². The van der Waals surface area contributed by atoms with Gasteiger partial charge >= 0.3 is 5.69 Å². The van der Waals surface area contributed by atoms with Crippen molar-refractivity contribution in [2.45, 2.75) is 13.8 Å². The van der Waals surface area contributed by atoms with Crippen LogP contribution in [0.3, 0.4) is 0 Å². The molecule has 0 spiro atoms. The Morgan fingerprint density at radius 3 is 2.64 bits per heavy atom. The average Bonchev–Trinajstić information content (AvgIpc) is 2.55. The third-order valence-electron chi connectivity index (χ3n) is 3.36. The van der Waals surface area contributed by atoms with Crippen molar-refractivity contribution in [2.24, 2.45) is 5.10 Å². The van der Waals surface area contributed by atoms with Crippen LogP contribution in [0.2, 0.25) is 0 Å². The molecule has 0 radical (unpaired) electrons. The highest BCUT2D eigenvalue weighted by Crippen LogP contribution is 2.25. The quantitative estimate of drug-likeness (QED) is 0.475. The smallest absolute Gasteiger partial charge is 0.311 e. The zero-order chi connectivity index (χ0) is 18.4. The number of nitro groups is 1. The zero-order valence-corrected chi connectivity index (χ0v) is 13.7. The highest BCUT2D eigenvalue weighted by molar-refractivity contribution is 5.84. The lowest BCUT2D eigenvalue weighted by molar-refractivity contribution is -0.385.